The summed E-state index contributed by atoms with van der Waals surface area (Å²) in [5, 5.41) is 11.3. The maximum Gasteiger partial charge on any atom is 0.295 e. The van der Waals surface area contributed by atoms with Crippen LogP contribution in [0.25, 0.3) is 0 Å². The van der Waals surface area contributed by atoms with Crippen molar-refractivity contribution in [1.82, 2.24) is 9.97 Å². The van der Waals surface area contributed by atoms with Gasteiger partial charge in [0, 0.05) is 37.5 Å². The summed E-state index contributed by atoms with van der Waals surface area (Å²) in [6.07, 6.45) is 5.29. The highest BCUT2D eigenvalue weighted by molar-refractivity contribution is 5.66. The Hall–Kier alpha value is -2.64. The molecule has 1 unspecified atom stereocenters. The van der Waals surface area contributed by atoms with Crippen LogP contribution >= 0.6 is 0 Å². The van der Waals surface area contributed by atoms with Crippen LogP contribution in [0.15, 0.2) is 24.5 Å². The molecular formula is C15H17FN4O3. The van der Waals surface area contributed by atoms with Crippen molar-refractivity contribution < 1.29 is 14.1 Å². The number of nitro benzene ring substituents is 1. The Kier molecular flexibility index (Phi) is 4.14. The lowest BCUT2D eigenvalue weighted by atomic mass is 9.96. The van der Waals surface area contributed by atoms with Gasteiger partial charge in [-0.15, -0.1) is 0 Å². The van der Waals surface area contributed by atoms with Gasteiger partial charge < -0.3 is 14.6 Å². The summed E-state index contributed by atoms with van der Waals surface area (Å²) in [5.41, 5.74) is 0.132. The quantitative estimate of drug-likeness (QED) is 0.691. The predicted molar refractivity (Wildman–Crippen MR) is 82.4 cm³/mol. The molecule has 0 bridgehead atoms. The molecule has 3 rings (SSSR count). The maximum atomic E-state index is 13.8. The molecule has 2 aromatic rings. The Bertz CT molecular complexity index is 705. The number of aromatic nitrogens is 2. The third kappa shape index (κ3) is 2.96. The molecule has 0 saturated carbocycles. The largest absolute Gasteiger partial charge is 0.494 e. The lowest BCUT2D eigenvalue weighted by Crippen LogP contribution is -2.35. The molecule has 122 valence electrons. The van der Waals surface area contributed by atoms with Gasteiger partial charge in [-0.3, -0.25) is 10.1 Å². The predicted octanol–water partition coefficient (Wildman–Crippen LogP) is 2.85. The summed E-state index contributed by atoms with van der Waals surface area (Å²) in [6, 6.07) is 2.32. The first-order chi connectivity index (χ1) is 11.1. The number of benzene rings is 1. The first-order valence-electron chi connectivity index (χ1n) is 7.36. The number of hydrogen-bond acceptors (Lipinski definition) is 5. The summed E-state index contributed by atoms with van der Waals surface area (Å²) < 4.78 is 18.8. The Labute approximate surface area is 132 Å². The van der Waals surface area contributed by atoms with Crippen LogP contribution in [-0.4, -0.2) is 35.1 Å². The molecule has 7 nitrogen and oxygen atoms in total. The topological polar surface area (TPSA) is 84.3 Å². The molecule has 23 heavy (non-hydrogen) atoms. The lowest BCUT2D eigenvalue weighted by molar-refractivity contribution is -0.384. The van der Waals surface area contributed by atoms with Crippen LogP contribution in [0.1, 0.15) is 24.6 Å². The lowest BCUT2D eigenvalue weighted by Gasteiger charge is -2.33. The van der Waals surface area contributed by atoms with Crippen molar-refractivity contribution in [2.75, 3.05) is 25.1 Å². The van der Waals surface area contributed by atoms with Gasteiger partial charge in [-0.05, 0) is 12.8 Å². The van der Waals surface area contributed by atoms with Gasteiger partial charge in [0.05, 0.1) is 18.1 Å². The molecule has 0 aliphatic carbocycles. The molecule has 1 N–H and O–H groups in total. The zero-order chi connectivity index (χ0) is 16.4. The molecule has 0 amide bonds. The average Bonchev–Trinajstić information content (AvgIpc) is 3.09. The molecule has 2 heterocycles. The Morgan fingerprint density at radius 3 is 3.00 bits per heavy atom. The van der Waals surface area contributed by atoms with E-state index in [-0.39, 0.29) is 17.4 Å². The number of anilines is 1. The molecule has 1 aromatic carbocycles. The number of hydrogen-bond donors (Lipinski definition) is 1. The van der Waals surface area contributed by atoms with Crippen molar-refractivity contribution in [2.24, 2.45) is 0 Å². The average molecular weight is 320 g/mol. The fraction of sp³-hybridized carbons (Fsp3) is 0.400. The highest BCUT2D eigenvalue weighted by Gasteiger charge is 2.29. The third-order valence-electron chi connectivity index (χ3n) is 4.11. The molecular weight excluding hydrogens is 303 g/mol. The van der Waals surface area contributed by atoms with Crippen molar-refractivity contribution in [1.29, 1.82) is 0 Å². The minimum atomic E-state index is -0.734. The summed E-state index contributed by atoms with van der Waals surface area (Å²) in [4.78, 5) is 20.0. The van der Waals surface area contributed by atoms with Gasteiger partial charge in [-0.1, -0.05) is 0 Å². The Morgan fingerprint density at radius 1 is 1.52 bits per heavy atom. The number of ether oxygens (including phenoxy) is 1. The van der Waals surface area contributed by atoms with Crippen LogP contribution in [0.3, 0.4) is 0 Å². The van der Waals surface area contributed by atoms with E-state index in [0.29, 0.717) is 18.8 Å². The number of methoxy groups -OCH3 is 1. The molecule has 1 aromatic heterocycles. The maximum absolute atomic E-state index is 13.8. The van der Waals surface area contributed by atoms with Gasteiger partial charge in [-0.25, -0.2) is 9.37 Å². The van der Waals surface area contributed by atoms with Crippen molar-refractivity contribution in [2.45, 2.75) is 18.8 Å². The van der Waals surface area contributed by atoms with E-state index in [0.717, 1.165) is 24.7 Å². The summed E-state index contributed by atoms with van der Waals surface area (Å²) in [6.45, 7) is 1.26. The van der Waals surface area contributed by atoms with Crippen LogP contribution < -0.4 is 9.64 Å². The van der Waals surface area contributed by atoms with Crippen molar-refractivity contribution >= 4 is 11.4 Å². The third-order valence-corrected chi connectivity index (χ3v) is 4.11. The number of piperidine rings is 1. The standard InChI is InChI=1S/C15H17FN4O3/c1-23-14-8-12(13(20(21)22)7-11(14)16)19-6-2-3-10(9-19)15-17-4-5-18-15/h4-5,7-8,10H,2-3,6,9H2,1H3,(H,17,18). The highest BCUT2D eigenvalue weighted by Crippen LogP contribution is 2.37. The molecule has 0 spiro atoms. The van der Waals surface area contributed by atoms with E-state index in [2.05, 4.69) is 9.97 Å². The van der Waals surface area contributed by atoms with Crippen LogP contribution in [-0.2, 0) is 0 Å². The first-order valence-corrected chi connectivity index (χ1v) is 7.36. The molecule has 1 fully saturated rings. The number of H-pyrrole nitrogens is 1. The first kappa shape index (κ1) is 15.3. The summed E-state index contributed by atoms with van der Waals surface area (Å²) in [5.74, 6) is 0.300. The molecule has 1 aliphatic heterocycles. The molecule has 8 heteroatoms. The van der Waals surface area contributed by atoms with Crippen molar-refractivity contribution in [3.63, 3.8) is 0 Å². The fourth-order valence-electron chi connectivity index (χ4n) is 3.01. The van der Waals surface area contributed by atoms with Crippen LogP contribution in [0.2, 0.25) is 0 Å². The second-order valence-electron chi connectivity index (χ2n) is 5.49. The second kappa shape index (κ2) is 6.23. The zero-order valence-electron chi connectivity index (χ0n) is 12.7. The summed E-state index contributed by atoms with van der Waals surface area (Å²) in [7, 11) is 1.34. The normalized spacial score (nSPS) is 18.0. The van der Waals surface area contributed by atoms with E-state index in [1.807, 2.05) is 4.90 Å². The van der Waals surface area contributed by atoms with E-state index in [1.54, 1.807) is 12.4 Å². The van der Waals surface area contributed by atoms with Gasteiger partial charge in [0.2, 0.25) is 0 Å². The number of aromatic amines is 1. The van der Waals surface area contributed by atoms with Crippen LogP contribution in [0, 0.1) is 15.9 Å². The van der Waals surface area contributed by atoms with Crippen molar-refractivity contribution in [3.8, 4) is 5.75 Å². The van der Waals surface area contributed by atoms with Crippen LogP contribution in [0.4, 0.5) is 15.8 Å². The zero-order valence-corrected chi connectivity index (χ0v) is 12.7. The van der Waals surface area contributed by atoms with Gasteiger partial charge in [-0.2, -0.15) is 0 Å². The molecule has 1 atom stereocenters. The number of imidazole rings is 1. The van der Waals surface area contributed by atoms with Crippen LogP contribution in [0.5, 0.6) is 5.75 Å². The monoisotopic (exact) mass is 320 g/mol. The Balaban J connectivity index is 1.95. The van der Waals surface area contributed by atoms with E-state index in [1.165, 1.54) is 13.2 Å². The van der Waals surface area contributed by atoms with Gasteiger partial charge in [0.1, 0.15) is 11.5 Å². The molecule has 1 saturated heterocycles. The number of nitrogens with zero attached hydrogens (tertiary/aromatic N) is 3. The minimum absolute atomic E-state index is 0.00530. The molecule has 0 radical (unpaired) electrons. The minimum Gasteiger partial charge on any atom is -0.494 e. The van der Waals surface area contributed by atoms with E-state index in [4.69, 9.17) is 4.74 Å². The second-order valence-corrected chi connectivity index (χ2v) is 5.49. The van der Waals surface area contributed by atoms with Gasteiger partial charge in [0.25, 0.3) is 5.69 Å². The number of nitro groups is 1. The van der Waals surface area contributed by atoms with E-state index >= 15 is 0 Å². The SMILES string of the molecule is COc1cc(N2CCCC(c3ncc[nH]3)C2)c([N+](=O)[O-])cc1F. The van der Waals surface area contributed by atoms with E-state index in [9.17, 15) is 14.5 Å². The highest BCUT2D eigenvalue weighted by atomic mass is 19.1. The smallest absolute Gasteiger partial charge is 0.295 e. The van der Waals surface area contributed by atoms with Gasteiger partial charge >= 0.3 is 0 Å². The number of nitrogens with one attached hydrogen (secondary N) is 1. The number of halogens is 1. The summed E-state index contributed by atoms with van der Waals surface area (Å²) >= 11 is 0. The Morgan fingerprint density at radius 2 is 2.35 bits per heavy atom. The number of rotatable bonds is 4. The van der Waals surface area contributed by atoms with E-state index < -0.39 is 10.7 Å². The van der Waals surface area contributed by atoms with Gasteiger partial charge in [0.15, 0.2) is 11.6 Å². The fourth-order valence-corrected chi connectivity index (χ4v) is 3.01. The molecule has 1 aliphatic rings. The van der Waals surface area contributed by atoms with Crippen molar-refractivity contribution in [3.05, 3.63) is 46.3 Å².